The average molecular weight is 144 g/mol. The lowest BCUT2D eigenvalue weighted by Gasteiger charge is -2.00. The minimum Gasteiger partial charge on any atom is -0.255 e. The minimum atomic E-state index is 1.32. The Kier molecular flexibility index (Phi) is 8.37. The van der Waals surface area contributed by atoms with E-state index < -0.39 is 0 Å². The Bertz CT molecular complexity index is 69.3. The zero-order valence-corrected chi connectivity index (χ0v) is 6.29. The van der Waals surface area contributed by atoms with E-state index in [4.69, 9.17) is 10.5 Å². The molecule has 0 fully saturated rings. The Morgan fingerprint density at radius 3 is 1.50 bits per heavy atom. The monoisotopic (exact) mass is 144 g/mol. The molecule has 1 aliphatic carbocycles. The first kappa shape index (κ1) is 9.66. The van der Waals surface area contributed by atoms with Crippen molar-refractivity contribution >= 4 is 0 Å². The number of hydrogen-bond donors (Lipinski definition) is 2. The van der Waals surface area contributed by atoms with E-state index >= 15 is 0 Å². The van der Waals surface area contributed by atoms with E-state index in [2.05, 4.69) is 12.2 Å². The van der Waals surface area contributed by atoms with Crippen molar-refractivity contribution in [2.45, 2.75) is 38.5 Å². The molecule has 0 aromatic heterocycles. The third kappa shape index (κ3) is 5.79. The Balaban J connectivity index is 0.000000371. The maximum absolute atomic E-state index is 6.00. The maximum atomic E-state index is 6.00. The van der Waals surface area contributed by atoms with Gasteiger partial charge in [0.15, 0.2) is 0 Å². The largest absolute Gasteiger partial charge is 0.255 e. The van der Waals surface area contributed by atoms with Crippen LogP contribution < -0.4 is 0 Å². The molecule has 0 aromatic rings. The fourth-order valence-corrected chi connectivity index (χ4v) is 1.11. The van der Waals surface area contributed by atoms with E-state index in [0.717, 1.165) is 0 Å². The Morgan fingerprint density at radius 1 is 0.700 bits per heavy atom. The first-order valence-electron chi connectivity index (χ1n) is 3.85. The SMILES string of the molecule is C1=CCCCCCC1.OO. The van der Waals surface area contributed by atoms with E-state index in [0.29, 0.717) is 0 Å². The molecule has 0 saturated carbocycles. The highest BCUT2D eigenvalue weighted by molar-refractivity contribution is 4.82. The predicted molar refractivity (Wildman–Crippen MR) is 42.1 cm³/mol. The molecule has 60 valence electrons. The minimum absolute atomic E-state index is 1.32. The molecule has 0 unspecified atom stereocenters. The van der Waals surface area contributed by atoms with Gasteiger partial charge in [-0.15, -0.1) is 0 Å². The van der Waals surface area contributed by atoms with Crippen LogP contribution in [0.5, 0.6) is 0 Å². The molecule has 2 nitrogen and oxygen atoms in total. The van der Waals surface area contributed by atoms with Gasteiger partial charge in [0.1, 0.15) is 0 Å². The van der Waals surface area contributed by atoms with Crippen molar-refractivity contribution in [2.75, 3.05) is 0 Å². The zero-order chi connectivity index (χ0) is 7.66. The molecule has 0 amide bonds. The Hall–Kier alpha value is -0.340. The summed E-state index contributed by atoms with van der Waals surface area (Å²) in [5.74, 6) is 0. The lowest BCUT2D eigenvalue weighted by atomic mass is 10.1. The molecule has 0 heterocycles. The van der Waals surface area contributed by atoms with Gasteiger partial charge in [0, 0.05) is 0 Å². The van der Waals surface area contributed by atoms with Gasteiger partial charge in [-0.2, -0.15) is 0 Å². The fraction of sp³-hybridized carbons (Fsp3) is 0.750. The first-order valence-corrected chi connectivity index (χ1v) is 3.85. The van der Waals surface area contributed by atoms with Crippen molar-refractivity contribution in [1.82, 2.24) is 0 Å². The molecule has 2 N–H and O–H groups in total. The third-order valence-corrected chi connectivity index (χ3v) is 1.66. The second-order valence-electron chi connectivity index (χ2n) is 2.46. The van der Waals surface area contributed by atoms with Crippen molar-refractivity contribution < 1.29 is 10.5 Å². The summed E-state index contributed by atoms with van der Waals surface area (Å²) in [5, 5.41) is 12.0. The van der Waals surface area contributed by atoms with Crippen LogP contribution in [0.2, 0.25) is 0 Å². The third-order valence-electron chi connectivity index (χ3n) is 1.66. The molecule has 0 saturated heterocycles. The van der Waals surface area contributed by atoms with Crippen LogP contribution in [0.1, 0.15) is 38.5 Å². The molecular formula is C8H16O2. The number of rotatable bonds is 0. The molecule has 2 heteroatoms. The molecule has 10 heavy (non-hydrogen) atoms. The highest BCUT2D eigenvalue weighted by Crippen LogP contribution is 2.09. The topological polar surface area (TPSA) is 40.5 Å². The molecule has 0 radical (unpaired) electrons. The van der Waals surface area contributed by atoms with Gasteiger partial charge in [-0.25, -0.2) is 0 Å². The molecule has 1 aliphatic rings. The summed E-state index contributed by atoms with van der Waals surface area (Å²) in [7, 11) is 0. The van der Waals surface area contributed by atoms with Gasteiger partial charge in [-0.3, -0.25) is 10.5 Å². The summed E-state index contributed by atoms with van der Waals surface area (Å²) in [5.41, 5.74) is 0. The molecule has 0 spiro atoms. The summed E-state index contributed by atoms with van der Waals surface area (Å²) >= 11 is 0. The van der Waals surface area contributed by atoms with Crippen molar-refractivity contribution in [1.29, 1.82) is 0 Å². The smallest absolute Gasteiger partial charge is 0.0351 e. The van der Waals surface area contributed by atoms with Crippen molar-refractivity contribution in [3.05, 3.63) is 12.2 Å². The molecule has 0 atom stereocenters. The number of hydrogen-bond acceptors (Lipinski definition) is 2. The lowest BCUT2D eigenvalue weighted by Crippen LogP contribution is -1.80. The van der Waals surface area contributed by atoms with Gasteiger partial charge < -0.3 is 0 Å². The van der Waals surface area contributed by atoms with Crippen LogP contribution >= 0.6 is 0 Å². The molecule has 0 aromatic carbocycles. The fourth-order valence-electron chi connectivity index (χ4n) is 1.11. The second-order valence-corrected chi connectivity index (χ2v) is 2.46. The summed E-state index contributed by atoms with van der Waals surface area (Å²) in [4.78, 5) is 0. The van der Waals surface area contributed by atoms with Gasteiger partial charge in [0.2, 0.25) is 0 Å². The Labute approximate surface area is 62.1 Å². The molecule has 0 aliphatic heterocycles. The van der Waals surface area contributed by atoms with Crippen molar-refractivity contribution in [3.63, 3.8) is 0 Å². The summed E-state index contributed by atoms with van der Waals surface area (Å²) < 4.78 is 0. The van der Waals surface area contributed by atoms with Crippen molar-refractivity contribution in [3.8, 4) is 0 Å². The van der Waals surface area contributed by atoms with Gasteiger partial charge in [-0.1, -0.05) is 25.0 Å². The van der Waals surface area contributed by atoms with E-state index in [1.165, 1.54) is 38.5 Å². The van der Waals surface area contributed by atoms with E-state index in [9.17, 15) is 0 Å². The predicted octanol–water partition coefficient (Wildman–Crippen LogP) is 2.91. The van der Waals surface area contributed by atoms with Crippen LogP contribution in [-0.2, 0) is 0 Å². The standard InChI is InChI=1S/C8H14.H2O2/c1-2-4-6-8-7-5-3-1;1-2/h1-2H,3-8H2;1-2H. The van der Waals surface area contributed by atoms with E-state index in [1.54, 1.807) is 0 Å². The normalized spacial score (nSPS) is 18.2. The van der Waals surface area contributed by atoms with Crippen LogP contribution in [0.15, 0.2) is 12.2 Å². The lowest BCUT2D eigenvalue weighted by molar-refractivity contribution is -0.176. The second kappa shape index (κ2) is 8.66. The van der Waals surface area contributed by atoms with Crippen LogP contribution in [-0.4, -0.2) is 10.5 Å². The van der Waals surface area contributed by atoms with Crippen LogP contribution in [0.25, 0.3) is 0 Å². The van der Waals surface area contributed by atoms with Crippen LogP contribution in [0.4, 0.5) is 0 Å². The highest BCUT2D eigenvalue weighted by atomic mass is 17.0. The average Bonchev–Trinajstić information content (AvgIpc) is 1.90. The zero-order valence-electron chi connectivity index (χ0n) is 6.29. The van der Waals surface area contributed by atoms with E-state index in [-0.39, 0.29) is 0 Å². The van der Waals surface area contributed by atoms with Gasteiger partial charge >= 0.3 is 0 Å². The highest BCUT2D eigenvalue weighted by Gasteiger charge is 1.89. The van der Waals surface area contributed by atoms with Gasteiger partial charge in [-0.05, 0) is 25.7 Å². The van der Waals surface area contributed by atoms with E-state index in [1.807, 2.05) is 0 Å². The van der Waals surface area contributed by atoms with Crippen LogP contribution in [0.3, 0.4) is 0 Å². The summed E-state index contributed by atoms with van der Waals surface area (Å²) in [6.45, 7) is 0. The summed E-state index contributed by atoms with van der Waals surface area (Å²) in [6, 6.07) is 0. The Morgan fingerprint density at radius 2 is 1.10 bits per heavy atom. The molecule has 0 bridgehead atoms. The summed E-state index contributed by atoms with van der Waals surface area (Å²) in [6.07, 6.45) is 13.0. The van der Waals surface area contributed by atoms with Gasteiger partial charge in [0.05, 0.1) is 0 Å². The molecule has 1 rings (SSSR count). The number of allylic oxidation sites excluding steroid dienone is 2. The van der Waals surface area contributed by atoms with Crippen LogP contribution in [0, 0.1) is 0 Å². The maximum Gasteiger partial charge on any atom is -0.0351 e. The van der Waals surface area contributed by atoms with Gasteiger partial charge in [0.25, 0.3) is 0 Å². The molecular weight excluding hydrogens is 128 g/mol. The van der Waals surface area contributed by atoms with Crippen molar-refractivity contribution in [2.24, 2.45) is 0 Å². The quantitative estimate of drug-likeness (QED) is 0.312. The first-order chi connectivity index (χ1) is 5.00.